The fraction of sp³-hybridized carbons (Fsp3) is 0.200. The summed E-state index contributed by atoms with van der Waals surface area (Å²) < 4.78 is 1.14. The third-order valence-electron chi connectivity index (χ3n) is 6.50. The molecule has 5 heteroatoms. The van der Waals surface area contributed by atoms with E-state index < -0.39 is 0 Å². The number of benzene rings is 2. The van der Waals surface area contributed by atoms with Crippen molar-refractivity contribution in [2.24, 2.45) is 0 Å². The van der Waals surface area contributed by atoms with E-state index in [1.54, 1.807) is 16.9 Å². The first kappa shape index (κ1) is 18.6. The lowest BCUT2D eigenvalue weighted by atomic mass is 9.78. The third kappa shape index (κ3) is 2.56. The van der Waals surface area contributed by atoms with Gasteiger partial charge in [0.1, 0.15) is 9.98 Å². The zero-order valence-electron chi connectivity index (χ0n) is 16.6. The van der Waals surface area contributed by atoms with Crippen LogP contribution in [0.5, 0.6) is 0 Å². The number of hydrogen-bond acceptors (Lipinski definition) is 3. The summed E-state index contributed by atoms with van der Waals surface area (Å²) in [7, 11) is 0. The van der Waals surface area contributed by atoms with E-state index in [2.05, 4.69) is 72.4 Å². The molecule has 6 rings (SSSR count). The minimum absolute atomic E-state index is 0.0680. The number of hydrogen-bond donors (Lipinski definition) is 0. The normalized spacial score (nSPS) is 17.1. The molecule has 2 aromatic carbocycles. The van der Waals surface area contributed by atoms with E-state index in [-0.39, 0.29) is 10.7 Å². The molecule has 0 atom stereocenters. The van der Waals surface area contributed by atoms with E-state index in [1.165, 1.54) is 27.8 Å². The second-order valence-corrected chi connectivity index (χ2v) is 10.2. The van der Waals surface area contributed by atoms with Crippen LogP contribution in [-0.4, -0.2) is 9.97 Å². The minimum Gasteiger partial charge on any atom is -0.207 e. The van der Waals surface area contributed by atoms with Gasteiger partial charge in [-0.3, -0.25) is 0 Å². The van der Waals surface area contributed by atoms with Gasteiger partial charge >= 0.3 is 0 Å². The van der Waals surface area contributed by atoms with Crippen molar-refractivity contribution in [3.8, 4) is 11.1 Å². The van der Waals surface area contributed by atoms with Crippen LogP contribution in [-0.2, 0) is 5.41 Å². The molecule has 2 aliphatic rings. The predicted octanol–water partition coefficient (Wildman–Crippen LogP) is 8.21. The molecule has 0 unspecified atom stereocenters. The zero-order valence-corrected chi connectivity index (χ0v) is 18.9. The molecule has 0 fully saturated rings. The van der Waals surface area contributed by atoms with E-state index >= 15 is 0 Å². The molecule has 2 aliphatic carbocycles. The van der Waals surface area contributed by atoms with Crippen LogP contribution in [0.15, 0.2) is 54.1 Å². The molecule has 0 bridgehead atoms. The number of nitrogens with zero attached hydrogens (tertiary/aromatic N) is 2. The van der Waals surface area contributed by atoms with Crippen molar-refractivity contribution in [3.05, 3.63) is 75.7 Å². The first-order valence-corrected chi connectivity index (χ1v) is 11.6. The molecule has 0 saturated carbocycles. The Morgan fingerprint density at radius 2 is 1.80 bits per heavy atom. The SMILES string of the molecule is CC1(C)C2=C(C=CCC2)c2ccc(-c3ccc4sc5nc(Cl)nc(Cl)c5c4c3)cc21. The summed E-state index contributed by atoms with van der Waals surface area (Å²) in [6, 6.07) is 13.4. The average molecular weight is 449 g/mol. The highest BCUT2D eigenvalue weighted by Crippen LogP contribution is 2.51. The highest BCUT2D eigenvalue weighted by atomic mass is 35.5. The van der Waals surface area contributed by atoms with Gasteiger partial charge in [-0.25, -0.2) is 9.97 Å². The molecule has 0 radical (unpaired) electrons. The lowest BCUT2D eigenvalue weighted by Gasteiger charge is -2.26. The van der Waals surface area contributed by atoms with Crippen molar-refractivity contribution in [3.63, 3.8) is 0 Å². The highest BCUT2D eigenvalue weighted by molar-refractivity contribution is 7.25. The third-order valence-corrected chi connectivity index (χ3v) is 8.01. The first-order chi connectivity index (χ1) is 14.4. The van der Waals surface area contributed by atoms with Crippen molar-refractivity contribution in [1.82, 2.24) is 9.97 Å². The molecule has 0 spiro atoms. The lowest BCUT2D eigenvalue weighted by Crippen LogP contribution is -2.17. The van der Waals surface area contributed by atoms with Crippen molar-refractivity contribution in [2.75, 3.05) is 0 Å². The summed E-state index contributed by atoms with van der Waals surface area (Å²) in [5.74, 6) is 0. The van der Waals surface area contributed by atoms with E-state index in [9.17, 15) is 0 Å². The second kappa shape index (κ2) is 6.40. The molecule has 4 aromatic rings. The maximum Gasteiger partial charge on any atom is 0.225 e. The van der Waals surface area contributed by atoms with Crippen molar-refractivity contribution in [2.45, 2.75) is 32.1 Å². The van der Waals surface area contributed by atoms with E-state index in [4.69, 9.17) is 23.2 Å². The Morgan fingerprint density at radius 1 is 1.00 bits per heavy atom. The highest BCUT2D eigenvalue weighted by Gasteiger charge is 2.37. The van der Waals surface area contributed by atoms with Gasteiger partial charge in [-0.15, -0.1) is 11.3 Å². The molecule has 2 aromatic heterocycles. The molecular weight excluding hydrogens is 431 g/mol. The fourth-order valence-electron chi connectivity index (χ4n) is 4.99. The fourth-order valence-corrected chi connectivity index (χ4v) is 6.64. The van der Waals surface area contributed by atoms with Crippen LogP contribution in [0.25, 0.3) is 37.0 Å². The molecular formula is C25H18Cl2N2S. The van der Waals surface area contributed by atoms with Gasteiger partial charge in [-0.1, -0.05) is 61.4 Å². The molecule has 0 aliphatic heterocycles. The summed E-state index contributed by atoms with van der Waals surface area (Å²) in [5.41, 5.74) is 8.25. The Hall–Kier alpha value is -2.20. The van der Waals surface area contributed by atoms with E-state index in [1.807, 2.05) is 0 Å². The Morgan fingerprint density at radius 3 is 2.67 bits per heavy atom. The summed E-state index contributed by atoms with van der Waals surface area (Å²) >= 11 is 14.0. The number of halogens is 2. The van der Waals surface area contributed by atoms with Gasteiger partial charge in [0.2, 0.25) is 5.28 Å². The Labute approximate surface area is 188 Å². The van der Waals surface area contributed by atoms with Gasteiger partial charge in [0.05, 0.1) is 5.39 Å². The summed E-state index contributed by atoms with van der Waals surface area (Å²) in [6.45, 7) is 4.71. The molecule has 0 amide bonds. The van der Waals surface area contributed by atoms with Crippen molar-refractivity contribution < 1.29 is 0 Å². The predicted molar refractivity (Wildman–Crippen MR) is 129 cm³/mol. The van der Waals surface area contributed by atoms with Crippen LogP contribution in [0.1, 0.15) is 37.8 Å². The van der Waals surface area contributed by atoms with Crippen LogP contribution in [0.3, 0.4) is 0 Å². The van der Waals surface area contributed by atoms with Gasteiger partial charge in [-0.05, 0) is 70.5 Å². The quantitative estimate of drug-likeness (QED) is 0.216. The molecule has 0 saturated heterocycles. The van der Waals surface area contributed by atoms with Gasteiger partial charge in [-0.2, -0.15) is 0 Å². The Bertz CT molecular complexity index is 1440. The van der Waals surface area contributed by atoms with Gasteiger partial charge in [0, 0.05) is 15.5 Å². The van der Waals surface area contributed by atoms with Crippen LogP contribution in [0.4, 0.5) is 0 Å². The number of allylic oxidation sites excluding steroid dienone is 4. The van der Waals surface area contributed by atoms with Crippen molar-refractivity contribution >= 4 is 60.4 Å². The number of rotatable bonds is 1. The summed E-state index contributed by atoms with van der Waals surface area (Å²) in [4.78, 5) is 9.33. The minimum atomic E-state index is 0.0680. The maximum atomic E-state index is 6.42. The molecule has 148 valence electrons. The van der Waals surface area contributed by atoms with Crippen LogP contribution in [0.2, 0.25) is 10.4 Å². The van der Waals surface area contributed by atoms with Crippen LogP contribution in [0, 0.1) is 0 Å². The van der Waals surface area contributed by atoms with Crippen molar-refractivity contribution in [1.29, 1.82) is 0 Å². The van der Waals surface area contributed by atoms with Crippen LogP contribution < -0.4 is 0 Å². The Kier molecular flexibility index (Phi) is 3.96. The number of thiophene rings is 1. The number of fused-ring (bicyclic) bond motifs is 5. The van der Waals surface area contributed by atoms with Gasteiger partial charge in [0.25, 0.3) is 0 Å². The molecule has 2 heterocycles. The maximum absolute atomic E-state index is 6.42. The van der Waals surface area contributed by atoms with Gasteiger partial charge < -0.3 is 0 Å². The van der Waals surface area contributed by atoms with E-state index in [0.717, 1.165) is 33.1 Å². The molecule has 2 nitrogen and oxygen atoms in total. The number of aromatic nitrogens is 2. The first-order valence-electron chi connectivity index (χ1n) is 10.0. The van der Waals surface area contributed by atoms with Crippen LogP contribution >= 0.6 is 34.5 Å². The lowest BCUT2D eigenvalue weighted by molar-refractivity contribution is 0.607. The zero-order chi connectivity index (χ0) is 20.6. The summed E-state index contributed by atoms with van der Waals surface area (Å²) in [5, 5.41) is 2.55. The molecule has 0 N–H and O–H groups in total. The largest absolute Gasteiger partial charge is 0.225 e. The summed E-state index contributed by atoms with van der Waals surface area (Å²) in [6.07, 6.45) is 6.89. The monoisotopic (exact) mass is 448 g/mol. The standard InChI is InChI=1S/C25H18Cl2N2S/c1-25(2)18-6-4-3-5-15(18)16-9-7-14(12-19(16)25)13-8-10-20-17(11-13)21-22(26)28-24(27)29-23(21)30-20/h3,5,7-12H,4,6H2,1-2H3. The Balaban J connectivity index is 1.53. The smallest absolute Gasteiger partial charge is 0.207 e. The van der Waals surface area contributed by atoms with E-state index in [0.29, 0.717) is 5.15 Å². The average Bonchev–Trinajstić information content (AvgIpc) is 3.20. The van der Waals surface area contributed by atoms with Gasteiger partial charge in [0.15, 0.2) is 0 Å². The topological polar surface area (TPSA) is 25.8 Å². The molecule has 30 heavy (non-hydrogen) atoms. The second-order valence-electron chi connectivity index (χ2n) is 8.50.